The second-order valence-corrected chi connectivity index (χ2v) is 5.35. The highest BCUT2D eigenvalue weighted by Gasteiger charge is 2.26. The van der Waals surface area contributed by atoms with E-state index < -0.39 is 29.7 Å². The summed E-state index contributed by atoms with van der Waals surface area (Å²) in [7, 11) is 0. The van der Waals surface area contributed by atoms with Crippen molar-refractivity contribution in [1.29, 1.82) is 0 Å². The van der Waals surface area contributed by atoms with Crippen LogP contribution in [0.1, 0.15) is 24.1 Å². The molecule has 0 saturated carbocycles. The van der Waals surface area contributed by atoms with Crippen LogP contribution in [0.25, 0.3) is 0 Å². The third-order valence-electron chi connectivity index (χ3n) is 3.67. The summed E-state index contributed by atoms with van der Waals surface area (Å²) >= 11 is 0. The lowest BCUT2D eigenvalue weighted by atomic mass is 9.94. The van der Waals surface area contributed by atoms with Crippen LogP contribution in [0.2, 0.25) is 0 Å². The van der Waals surface area contributed by atoms with Crippen molar-refractivity contribution in [2.75, 3.05) is 0 Å². The highest BCUT2D eigenvalue weighted by Crippen LogP contribution is 2.22. The fourth-order valence-electron chi connectivity index (χ4n) is 2.34. The van der Waals surface area contributed by atoms with Gasteiger partial charge < -0.3 is 10.4 Å². The van der Waals surface area contributed by atoms with Gasteiger partial charge in [-0.1, -0.05) is 48.5 Å². The Morgan fingerprint density at radius 2 is 1.70 bits per heavy atom. The number of nitrogens with one attached hydrogen (secondary N) is 1. The number of hydrogen-bond donors (Lipinski definition) is 2. The minimum atomic E-state index is -1.01. The van der Waals surface area contributed by atoms with Crippen LogP contribution in [0.15, 0.2) is 54.6 Å². The molecule has 2 aromatic rings. The quantitative estimate of drug-likeness (QED) is 0.861. The first-order valence-electron chi connectivity index (χ1n) is 7.29. The van der Waals surface area contributed by atoms with Gasteiger partial charge in [0.1, 0.15) is 5.82 Å². The number of halogens is 1. The van der Waals surface area contributed by atoms with E-state index in [1.54, 1.807) is 36.4 Å². The molecule has 0 fully saturated rings. The minimum Gasteiger partial charge on any atom is -0.481 e. The maximum absolute atomic E-state index is 13.6. The predicted octanol–water partition coefficient (Wildman–Crippen LogP) is 2.95. The molecule has 0 saturated heterocycles. The van der Waals surface area contributed by atoms with Gasteiger partial charge in [-0.3, -0.25) is 9.59 Å². The highest BCUT2D eigenvalue weighted by molar-refractivity contribution is 5.80. The lowest BCUT2D eigenvalue weighted by molar-refractivity contribution is -0.142. The van der Waals surface area contributed by atoms with Gasteiger partial charge >= 0.3 is 5.97 Å². The van der Waals surface area contributed by atoms with E-state index in [2.05, 4.69) is 5.32 Å². The van der Waals surface area contributed by atoms with Gasteiger partial charge in [-0.15, -0.1) is 0 Å². The topological polar surface area (TPSA) is 66.4 Å². The molecule has 120 valence electrons. The average molecular weight is 315 g/mol. The van der Waals surface area contributed by atoms with Crippen LogP contribution in [0.3, 0.4) is 0 Å². The summed E-state index contributed by atoms with van der Waals surface area (Å²) < 4.78 is 13.6. The second-order valence-electron chi connectivity index (χ2n) is 5.35. The first-order valence-corrected chi connectivity index (χ1v) is 7.29. The molecule has 0 aliphatic heterocycles. The number of hydrogen-bond acceptors (Lipinski definition) is 2. The Kier molecular flexibility index (Phi) is 5.46. The molecule has 0 aliphatic carbocycles. The predicted molar refractivity (Wildman–Crippen MR) is 84.2 cm³/mol. The van der Waals surface area contributed by atoms with E-state index >= 15 is 0 Å². The van der Waals surface area contributed by atoms with Gasteiger partial charge in [0, 0.05) is 0 Å². The zero-order valence-corrected chi connectivity index (χ0v) is 12.7. The molecule has 0 aliphatic rings. The van der Waals surface area contributed by atoms with Crippen LogP contribution in [0, 0.1) is 11.7 Å². The number of rotatable bonds is 6. The molecule has 2 rings (SSSR count). The van der Waals surface area contributed by atoms with E-state index in [0.717, 1.165) is 0 Å². The molecule has 23 heavy (non-hydrogen) atoms. The van der Waals surface area contributed by atoms with Gasteiger partial charge in [-0.25, -0.2) is 4.39 Å². The van der Waals surface area contributed by atoms with Crippen molar-refractivity contribution in [3.63, 3.8) is 0 Å². The van der Waals surface area contributed by atoms with Gasteiger partial charge in [0.05, 0.1) is 18.4 Å². The van der Waals surface area contributed by atoms with Crippen molar-refractivity contribution in [1.82, 2.24) is 5.32 Å². The highest BCUT2D eigenvalue weighted by atomic mass is 19.1. The molecule has 0 radical (unpaired) electrons. The Labute approximate surface area is 134 Å². The third-order valence-corrected chi connectivity index (χ3v) is 3.67. The maximum atomic E-state index is 13.6. The van der Waals surface area contributed by atoms with Crippen molar-refractivity contribution in [3.05, 3.63) is 71.5 Å². The summed E-state index contributed by atoms with van der Waals surface area (Å²) in [6.45, 7) is 1.53. The molecule has 0 spiro atoms. The molecule has 5 heteroatoms. The van der Waals surface area contributed by atoms with Crippen LogP contribution in [-0.4, -0.2) is 17.0 Å². The number of carbonyl (C=O) groups excluding carboxylic acids is 1. The van der Waals surface area contributed by atoms with Gasteiger partial charge in [0.15, 0.2) is 0 Å². The fraction of sp³-hybridized carbons (Fsp3) is 0.222. The van der Waals surface area contributed by atoms with E-state index in [1.165, 1.54) is 19.1 Å². The van der Waals surface area contributed by atoms with Gasteiger partial charge in [-0.05, 0) is 24.1 Å². The van der Waals surface area contributed by atoms with Gasteiger partial charge in [0.25, 0.3) is 0 Å². The third kappa shape index (κ3) is 4.39. The molecule has 0 heterocycles. The molecule has 2 aromatic carbocycles. The second kappa shape index (κ2) is 7.54. The first kappa shape index (κ1) is 16.7. The smallest absolute Gasteiger partial charge is 0.308 e. The Morgan fingerprint density at radius 1 is 1.09 bits per heavy atom. The summed E-state index contributed by atoms with van der Waals surface area (Å²) in [5, 5.41) is 12.0. The van der Waals surface area contributed by atoms with Crippen molar-refractivity contribution in [3.8, 4) is 0 Å². The van der Waals surface area contributed by atoms with Crippen molar-refractivity contribution >= 4 is 11.9 Å². The van der Waals surface area contributed by atoms with Crippen molar-refractivity contribution in [2.24, 2.45) is 5.92 Å². The Hall–Kier alpha value is -2.69. The molecule has 4 nitrogen and oxygen atoms in total. The normalized spacial score (nSPS) is 13.1. The first-order chi connectivity index (χ1) is 11.0. The molecular weight excluding hydrogens is 297 g/mol. The van der Waals surface area contributed by atoms with Gasteiger partial charge in [-0.2, -0.15) is 0 Å². The molecule has 0 unspecified atom stereocenters. The zero-order chi connectivity index (χ0) is 16.8. The number of benzene rings is 2. The molecule has 2 N–H and O–H groups in total. The lowest BCUT2D eigenvalue weighted by Gasteiger charge is -2.23. The van der Waals surface area contributed by atoms with Crippen molar-refractivity contribution in [2.45, 2.75) is 19.4 Å². The van der Waals surface area contributed by atoms with E-state index in [9.17, 15) is 19.1 Å². The molecule has 2 atom stereocenters. The standard InChI is InChI=1S/C18H18FNO3/c1-12(18(22)23)17(13-7-3-2-4-8-13)20-16(21)11-14-9-5-6-10-15(14)19/h2-10,12,17H,11H2,1H3,(H,20,21)(H,22,23)/t12-,17-/m1/s1. The van der Waals surface area contributed by atoms with E-state index in [4.69, 9.17) is 0 Å². The summed E-state index contributed by atoms with van der Waals surface area (Å²) in [5.74, 6) is -2.69. The number of carboxylic acid groups (broad SMARTS) is 1. The number of aliphatic carboxylic acids is 1. The maximum Gasteiger partial charge on any atom is 0.308 e. The van der Waals surface area contributed by atoms with Crippen LogP contribution in [0.4, 0.5) is 4.39 Å². The lowest BCUT2D eigenvalue weighted by Crippen LogP contribution is -2.36. The fourth-order valence-corrected chi connectivity index (χ4v) is 2.34. The van der Waals surface area contributed by atoms with Crippen LogP contribution < -0.4 is 5.32 Å². The van der Waals surface area contributed by atoms with E-state index in [1.807, 2.05) is 6.07 Å². The minimum absolute atomic E-state index is 0.137. The van der Waals surface area contributed by atoms with Gasteiger partial charge in [0.2, 0.25) is 5.91 Å². The zero-order valence-electron chi connectivity index (χ0n) is 12.7. The molecule has 0 bridgehead atoms. The largest absolute Gasteiger partial charge is 0.481 e. The Bertz CT molecular complexity index is 688. The number of carboxylic acids is 1. The van der Waals surface area contributed by atoms with Crippen LogP contribution in [-0.2, 0) is 16.0 Å². The van der Waals surface area contributed by atoms with Crippen molar-refractivity contribution < 1.29 is 19.1 Å². The average Bonchev–Trinajstić information content (AvgIpc) is 2.55. The number of carbonyl (C=O) groups is 2. The monoisotopic (exact) mass is 315 g/mol. The molecule has 1 amide bonds. The Morgan fingerprint density at radius 3 is 2.30 bits per heavy atom. The van der Waals surface area contributed by atoms with E-state index in [-0.39, 0.29) is 12.0 Å². The summed E-state index contributed by atoms with van der Waals surface area (Å²) in [5.41, 5.74) is 0.976. The molecular formula is C18H18FNO3. The summed E-state index contributed by atoms with van der Waals surface area (Å²) in [6.07, 6.45) is -0.137. The van der Waals surface area contributed by atoms with Crippen LogP contribution >= 0.6 is 0 Å². The Balaban J connectivity index is 2.16. The van der Waals surface area contributed by atoms with E-state index in [0.29, 0.717) is 5.56 Å². The van der Waals surface area contributed by atoms with Crippen LogP contribution in [0.5, 0.6) is 0 Å². The molecule has 0 aromatic heterocycles. The summed E-state index contributed by atoms with van der Waals surface area (Å²) in [6, 6.07) is 14.2. The summed E-state index contributed by atoms with van der Waals surface area (Å²) in [4.78, 5) is 23.5. The SMILES string of the molecule is C[C@@H](C(=O)O)[C@@H](NC(=O)Cc1ccccc1F)c1ccccc1. The number of amides is 1.